The fourth-order valence-corrected chi connectivity index (χ4v) is 4.92. The van der Waals surface area contributed by atoms with Gasteiger partial charge >= 0.3 is 0 Å². The lowest BCUT2D eigenvalue weighted by Crippen LogP contribution is -2.43. The highest BCUT2D eigenvalue weighted by Crippen LogP contribution is 2.32. The third-order valence-electron chi connectivity index (χ3n) is 6.45. The molecule has 2 N–H and O–H groups in total. The van der Waals surface area contributed by atoms with Gasteiger partial charge < -0.3 is 20.1 Å². The Labute approximate surface area is 212 Å². The van der Waals surface area contributed by atoms with E-state index in [9.17, 15) is 14.0 Å². The summed E-state index contributed by atoms with van der Waals surface area (Å²) in [7, 11) is 0. The number of halogens is 1. The Balaban J connectivity index is 1.23. The first kappa shape index (κ1) is 24.2. The van der Waals surface area contributed by atoms with Crippen LogP contribution in [0.15, 0.2) is 42.6 Å². The van der Waals surface area contributed by atoms with E-state index in [0.717, 1.165) is 4.88 Å². The number of carbonyl (C=O) groups is 2. The molecule has 3 aromatic rings. The molecule has 1 aliphatic carbocycles. The number of likely N-dealkylation sites (tertiary alicyclic amines) is 1. The molecule has 1 aromatic carbocycles. The highest BCUT2D eigenvalue weighted by molar-refractivity contribution is 7.06. The second-order valence-corrected chi connectivity index (χ2v) is 10.1. The number of rotatable bonds is 9. The third kappa shape index (κ3) is 5.33. The number of nitrogens with zero attached hydrogens (tertiary/aromatic N) is 3. The maximum Gasteiger partial charge on any atom is 0.257 e. The van der Waals surface area contributed by atoms with Crippen molar-refractivity contribution in [2.75, 3.05) is 13.2 Å². The first-order chi connectivity index (χ1) is 17.4. The van der Waals surface area contributed by atoms with Crippen LogP contribution in [-0.2, 0) is 4.79 Å². The van der Waals surface area contributed by atoms with Crippen LogP contribution in [-0.4, -0.2) is 45.3 Å². The van der Waals surface area contributed by atoms with E-state index in [1.54, 1.807) is 18.3 Å². The summed E-state index contributed by atoms with van der Waals surface area (Å²) in [6.07, 6.45) is 4.95. The van der Waals surface area contributed by atoms with Gasteiger partial charge in [-0.15, -0.1) is 0 Å². The molecule has 36 heavy (non-hydrogen) atoms. The van der Waals surface area contributed by atoms with E-state index >= 15 is 0 Å². The number of pyridine rings is 1. The maximum absolute atomic E-state index is 14.9. The Kier molecular flexibility index (Phi) is 6.86. The van der Waals surface area contributed by atoms with Gasteiger partial charge in [0.25, 0.3) is 5.91 Å². The number of hydrogen-bond acceptors (Lipinski definition) is 7. The van der Waals surface area contributed by atoms with E-state index in [2.05, 4.69) is 9.36 Å². The second-order valence-electron chi connectivity index (χ2n) is 9.21. The number of ether oxygens (including phenoxy) is 2. The van der Waals surface area contributed by atoms with Crippen molar-refractivity contribution >= 4 is 23.3 Å². The van der Waals surface area contributed by atoms with Crippen LogP contribution in [0.5, 0.6) is 11.6 Å². The topological polar surface area (TPSA) is 108 Å². The molecule has 5 rings (SSSR count). The summed E-state index contributed by atoms with van der Waals surface area (Å²) < 4.78 is 31.0. The maximum atomic E-state index is 14.9. The standard InChI is InChI=1S/C26H27FN4O4S/c1-15(35-18-7-9-24(29-13-18)34-14-16-4-5-16)23-12-21(30-36-23)17-6-8-19(20(27)11-17)26(33)31-10-2-3-22(31)25(28)32/h6-9,11-13,15-16,22H,2-5,10,14H2,1H3,(H2,28,32)/t15-,22+/m1/s1. The van der Waals surface area contributed by atoms with Gasteiger partial charge in [0.15, 0.2) is 0 Å². The third-order valence-corrected chi connectivity index (χ3v) is 7.40. The van der Waals surface area contributed by atoms with Crippen molar-refractivity contribution in [3.05, 3.63) is 58.9 Å². The molecular weight excluding hydrogens is 483 g/mol. The van der Waals surface area contributed by atoms with Crippen LogP contribution in [0.2, 0.25) is 0 Å². The van der Waals surface area contributed by atoms with E-state index in [0.29, 0.717) is 54.8 Å². The highest BCUT2D eigenvalue weighted by Gasteiger charge is 2.34. The molecule has 2 aliphatic rings. The monoisotopic (exact) mass is 510 g/mol. The highest BCUT2D eigenvalue weighted by atomic mass is 32.1. The molecule has 0 spiro atoms. The molecule has 3 heterocycles. The molecule has 8 nitrogen and oxygen atoms in total. The van der Waals surface area contributed by atoms with Crippen LogP contribution >= 0.6 is 11.5 Å². The Hall–Kier alpha value is -3.53. The van der Waals surface area contributed by atoms with Crippen molar-refractivity contribution in [1.29, 1.82) is 0 Å². The van der Waals surface area contributed by atoms with Gasteiger partial charge in [0, 0.05) is 18.2 Å². The SMILES string of the molecule is C[C@@H](Oc1ccc(OCC2CC2)nc1)c1cc(-c2ccc(C(=O)N3CCC[C@H]3C(N)=O)c(F)c2)ns1. The lowest BCUT2D eigenvalue weighted by molar-refractivity contribution is -0.121. The van der Waals surface area contributed by atoms with Gasteiger partial charge in [-0.2, -0.15) is 4.37 Å². The van der Waals surface area contributed by atoms with E-state index in [1.165, 1.54) is 41.4 Å². The average Bonchev–Trinajstić information content (AvgIpc) is 3.34. The van der Waals surface area contributed by atoms with Crippen LogP contribution in [0.4, 0.5) is 4.39 Å². The van der Waals surface area contributed by atoms with E-state index in [1.807, 2.05) is 19.1 Å². The molecule has 1 saturated heterocycles. The van der Waals surface area contributed by atoms with Crippen molar-refractivity contribution < 1.29 is 23.5 Å². The molecule has 2 aromatic heterocycles. The van der Waals surface area contributed by atoms with Gasteiger partial charge in [0.1, 0.15) is 23.7 Å². The Morgan fingerprint density at radius 2 is 2.06 bits per heavy atom. The Morgan fingerprint density at radius 1 is 1.22 bits per heavy atom. The molecule has 188 valence electrons. The minimum Gasteiger partial charge on any atom is -0.484 e. The van der Waals surface area contributed by atoms with E-state index < -0.39 is 23.7 Å². The smallest absolute Gasteiger partial charge is 0.257 e. The molecular formula is C26H27FN4O4S. The van der Waals surface area contributed by atoms with Crippen LogP contribution < -0.4 is 15.2 Å². The average molecular weight is 511 g/mol. The fourth-order valence-electron chi connectivity index (χ4n) is 4.20. The number of hydrogen-bond donors (Lipinski definition) is 1. The first-order valence-electron chi connectivity index (χ1n) is 12.0. The zero-order valence-electron chi connectivity index (χ0n) is 19.9. The molecule has 1 aliphatic heterocycles. The largest absolute Gasteiger partial charge is 0.484 e. The minimum atomic E-state index is -0.694. The lowest BCUT2D eigenvalue weighted by atomic mass is 10.1. The summed E-state index contributed by atoms with van der Waals surface area (Å²) in [5, 5.41) is 0. The Morgan fingerprint density at radius 3 is 2.75 bits per heavy atom. The summed E-state index contributed by atoms with van der Waals surface area (Å²) in [5.41, 5.74) is 6.44. The number of amides is 2. The van der Waals surface area contributed by atoms with Crippen molar-refractivity contribution in [1.82, 2.24) is 14.3 Å². The van der Waals surface area contributed by atoms with E-state index in [4.69, 9.17) is 15.2 Å². The van der Waals surface area contributed by atoms with Gasteiger partial charge in [0.2, 0.25) is 11.8 Å². The summed E-state index contributed by atoms with van der Waals surface area (Å²) in [5.74, 6) is 0.0909. The lowest BCUT2D eigenvalue weighted by Gasteiger charge is -2.22. The molecule has 1 saturated carbocycles. The molecule has 0 radical (unpaired) electrons. The van der Waals surface area contributed by atoms with Gasteiger partial charge in [-0.3, -0.25) is 9.59 Å². The number of primary amides is 1. The molecule has 2 atom stereocenters. The van der Waals surface area contributed by atoms with Crippen molar-refractivity contribution in [2.45, 2.75) is 44.8 Å². The zero-order valence-corrected chi connectivity index (χ0v) is 20.7. The second kappa shape index (κ2) is 10.2. The van der Waals surface area contributed by atoms with E-state index in [-0.39, 0.29) is 11.7 Å². The van der Waals surface area contributed by atoms with Crippen LogP contribution in [0.1, 0.15) is 53.9 Å². The van der Waals surface area contributed by atoms with Crippen molar-refractivity contribution in [2.24, 2.45) is 11.7 Å². The minimum absolute atomic E-state index is 0.0869. The van der Waals surface area contributed by atoms with Crippen LogP contribution in [0.3, 0.4) is 0 Å². The fraction of sp³-hybridized carbons (Fsp3) is 0.385. The molecule has 10 heteroatoms. The number of aromatic nitrogens is 2. The summed E-state index contributed by atoms with van der Waals surface area (Å²) in [6.45, 7) is 2.99. The van der Waals surface area contributed by atoms with Gasteiger partial charge in [0.05, 0.1) is 28.9 Å². The number of nitrogens with two attached hydrogens (primary N) is 1. The predicted octanol–water partition coefficient (Wildman–Crippen LogP) is 4.36. The van der Waals surface area contributed by atoms with Crippen LogP contribution in [0, 0.1) is 11.7 Å². The Bertz CT molecular complexity index is 1260. The zero-order chi connectivity index (χ0) is 25.2. The summed E-state index contributed by atoms with van der Waals surface area (Å²) >= 11 is 1.26. The number of carbonyl (C=O) groups excluding carboxylic acids is 2. The number of benzene rings is 1. The van der Waals surface area contributed by atoms with Crippen molar-refractivity contribution in [3.8, 4) is 22.9 Å². The molecule has 2 fully saturated rings. The first-order valence-corrected chi connectivity index (χ1v) is 12.8. The quantitative estimate of drug-likeness (QED) is 0.458. The summed E-state index contributed by atoms with van der Waals surface area (Å²) in [4.78, 5) is 30.9. The van der Waals surface area contributed by atoms with Gasteiger partial charge in [-0.25, -0.2) is 9.37 Å². The van der Waals surface area contributed by atoms with Gasteiger partial charge in [-0.1, -0.05) is 6.07 Å². The summed E-state index contributed by atoms with van der Waals surface area (Å²) in [6, 6.07) is 9.14. The molecule has 0 unspecified atom stereocenters. The predicted molar refractivity (Wildman–Crippen MR) is 132 cm³/mol. The van der Waals surface area contributed by atoms with Crippen LogP contribution in [0.25, 0.3) is 11.3 Å². The normalized spacial score (nSPS) is 18.2. The molecule has 0 bridgehead atoms. The van der Waals surface area contributed by atoms with Gasteiger partial charge in [-0.05, 0) is 74.3 Å². The van der Waals surface area contributed by atoms with Crippen molar-refractivity contribution in [3.63, 3.8) is 0 Å². The molecule has 2 amide bonds.